The van der Waals surface area contributed by atoms with Gasteiger partial charge in [0.1, 0.15) is 17.7 Å². The van der Waals surface area contributed by atoms with Crippen molar-refractivity contribution in [2.45, 2.75) is 25.5 Å². The van der Waals surface area contributed by atoms with Crippen LogP contribution in [-0.2, 0) is 19.4 Å². The van der Waals surface area contributed by atoms with Gasteiger partial charge in [0.15, 0.2) is 5.96 Å². The maximum atomic E-state index is 5.98. The van der Waals surface area contributed by atoms with Crippen LogP contribution < -0.4 is 15.4 Å². The summed E-state index contributed by atoms with van der Waals surface area (Å²) in [6.07, 6.45) is 5.78. The first-order chi connectivity index (χ1) is 14.3. The zero-order valence-corrected chi connectivity index (χ0v) is 19.5. The van der Waals surface area contributed by atoms with Gasteiger partial charge in [-0.15, -0.1) is 24.0 Å². The summed E-state index contributed by atoms with van der Waals surface area (Å²) in [5, 5.41) is 6.74. The number of benzene rings is 2. The first kappa shape index (κ1) is 22.1. The van der Waals surface area contributed by atoms with Crippen molar-refractivity contribution in [1.29, 1.82) is 0 Å². The van der Waals surface area contributed by atoms with Crippen molar-refractivity contribution in [3.05, 3.63) is 83.9 Å². The van der Waals surface area contributed by atoms with E-state index in [-0.39, 0.29) is 30.1 Å². The molecule has 1 aromatic heterocycles. The van der Waals surface area contributed by atoms with Gasteiger partial charge in [-0.2, -0.15) is 0 Å². The first-order valence-corrected chi connectivity index (χ1v) is 10.0. The predicted octanol–water partition coefficient (Wildman–Crippen LogP) is 3.26. The second-order valence-corrected chi connectivity index (χ2v) is 7.14. The molecule has 30 heavy (non-hydrogen) atoms. The molecule has 6 nitrogen and oxygen atoms in total. The minimum atomic E-state index is 0. The molecule has 2 heterocycles. The van der Waals surface area contributed by atoms with Gasteiger partial charge in [-0.25, -0.2) is 4.98 Å². The summed E-state index contributed by atoms with van der Waals surface area (Å²) < 4.78 is 8.17. The maximum Gasteiger partial charge on any atom is 0.191 e. The fourth-order valence-corrected chi connectivity index (χ4v) is 3.58. The van der Waals surface area contributed by atoms with E-state index in [9.17, 15) is 0 Å². The first-order valence-electron chi connectivity index (χ1n) is 10.0. The number of hydrogen-bond acceptors (Lipinski definition) is 3. The third-order valence-corrected chi connectivity index (χ3v) is 5.07. The quantitative estimate of drug-likeness (QED) is 0.287. The van der Waals surface area contributed by atoms with Gasteiger partial charge in [0, 0.05) is 45.4 Å². The van der Waals surface area contributed by atoms with E-state index in [1.54, 1.807) is 7.05 Å². The number of fused-ring (bicyclic) bond motifs is 1. The Kier molecular flexibility index (Phi) is 8.12. The van der Waals surface area contributed by atoms with E-state index in [1.165, 1.54) is 11.1 Å². The second-order valence-electron chi connectivity index (χ2n) is 7.14. The topological polar surface area (TPSA) is 63.5 Å². The Bertz CT molecular complexity index is 932. The number of imidazole rings is 1. The van der Waals surface area contributed by atoms with E-state index in [0.29, 0.717) is 0 Å². The molecule has 0 saturated carbocycles. The maximum absolute atomic E-state index is 5.98. The van der Waals surface area contributed by atoms with Gasteiger partial charge in [0.25, 0.3) is 0 Å². The number of nitrogens with one attached hydrogen (secondary N) is 2. The van der Waals surface area contributed by atoms with Gasteiger partial charge < -0.3 is 19.9 Å². The predicted molar refractivity (Wildman–Crippen MR) is 131 cm³/mol. The third-order valence-electron chi connectivity index (χ3n) is 5.07. The number of halogens is 1. The number of rotatable bonds is 7. The van der Waals surface area contributed by atoms with Gasteiger partial charge in [-0.1, -0.05) is 48.5 Å². The number of hydrogen-bond donors (Lipinski definition) is 2. The van der Waals surface area contributed by atoms with Gasteiger partial charge in [0.05, 0.1) is 6.54 Å². The zero-order valence-electron chi connectivity index (χ0n) is 17.1. The molecule has 0 saturated heterocycles. The Labute approximate surface area is 194 Å². The number of aliphatic imine (C=N–C) groups is 1. The Balaban J connectivity index is 0.00000256. The van der Waals surface area contributed by atoms with Crippen LogP contribution in [0.2, 0.25) is 0 Å². The molecule has 1 aliphatic heterocycles. The summed E-state index contributed by atoms with van der Waals surface area (Å²) in [7, 11) is 1.79. The van der Waals surface area contributed by atoms with Crippen LogP contribution in [0.1, 0.15) is 17.0 Å². The molecule has 0 spiro atoms. The highest BCUT2D eigenvalue weighted by Gasteiger charge is 2.22. The molecule has 0 bridgehead atoms. The summed E-state index contributed by atoms with van der Waals surface area (Å²) in [6.45, 7) is 2.32. The molecular formula is C23H28IN5O. The number of aromatic nitrogens is 2. The molecule has 1 atom stereocenters. The highest BCUT2D eigenvalue weighted by molar-refractivity contribution is 14.0. The smallest absolute Gasteiger partial charge is 0.191 e. The van der Waals surface area contributed by atoms with Crippen LogP contribution in [-0.4, -0.2) is 41.8 Å². The third kappa shape index (κ3) is 5.75. The summed E-state index contributed by atoms with van der Waals surface area (Å²) in [4.78, 5) is 8.83. The molecule has 3 aromatic rings. The summed E-state index contributed by atoms with van der Waals surface area (Å²) in [6, 6.07) is 18.7. The second kappa shape index (κ2) is 11.0. The molecule has 7 heteroatoms. The van der Waals surface area contributed by atoms with E-state index >= 15 is 0 Å². The zero-order chi connectivity index (χ0) is 19.9. The Morgan fingerprint density at radius 1 is 1.13 bits per heavy atom. The van der Waals surface area contributed by atoms with Crippen LogP contribution in [0.5, 0.6) is 5.75 Å². The molecule has 2 aromatic carbocycles. The largest absolute Gasteiger partial charge is 0.488 e. The SMILES string of the molecule is CN=C(NCCc1nccn1Cc1ccccc1)NCC1Cc2ccccc2O1.I. The average molecular weight is 517 g/mol. The fraction of sp³-hybridized carbons (Fsp3) is 0.304. The van der Waals surface area contributed by atoms with E-state index in [2.05, 4.69) is 61.6 Å². The molecule has 1 aliphatic rings. The van der Waals surface area contributed by atoms with Crippen LogP contribution in [0.4, 0.5) is 0 Å². The summed E-state index contributed by atoms with van der Waals surface area (Å²) >= 11 is 0. The summed E-state index contributed by atoms with van der Waals surface area (Å²) in [5.41, 5.74) is 2.54. The van der Waals surface area contributed by atoms with E-state index in [0.717, 1.165) is 50.0 Å². The molecule has 0 radical (unpaired) electrons. The lowest BCUT2D eigenvalue weighted by molar-refractivity contribution is 0.235. The fourth-order valence-electron chi connectivity index (χ4n) is 3.58. The molecule has 2 N–H and O–H groups in total. The Hall–Kier alpha value is -2.55. The lowest BCUT2D eigenvalue weighted by atomic mass is 10.1. The monoisotopic (exact) mass is 517 g/mol. The number of nitrogens with zero attached hydrogens (tertiary/aromatic N) is 3. The average Bonchev–Trinajstić information content (AvgIpc) is 3.37. The van der Waals surface area contributed by atoms with Crippen molar-refractivity contribution < 1.29 is 4.74 Å². The molecule has 1 unspecified atom stereocenters. The van der Waals surface area contributed by atoms with Crippen molar-refractivity contribution in [1.82, 2.24) is 20.2 Å². The number of guanidine groups is 1. The van der Waals surface area contributed by atoms with Crippen molar-refractivity contribution in [3.63, 3.8) is 0 Å². The molecule has 0 fully saturated rings. The van der Waals surface area contributed by atoms with Crippen LogP contribution in [0, 0.1) is 0 Å². The van der Waals surface area contributed by atoms with Crippen molar-refractivity contribution in [3.8, 4) is 5.75 Å². The van der Waals surface area contributed by atoms with Crippen molar-refractivity contribution in [2.75, 3.05) is 20.1 Å². The van der Waals surface area contributed by atoms with Gasteiger partial charge in [-0.3, -0.25) is 4.99 Å². The van der Waals surface area contributed by atoms with E-state index < -0.39 is 0 Å². The lowest BCUT2D eigenvalue weighted by Gasteiger charge is -2.16. The van der Waals surface area contributed by atoms with Gasteiger partial charge in [-0.05, 0) is 17.2 Å². The minimum Gasteiger partial charge on any atom is -0.488 e. The number of ether oxygens (including phenoxy) is 1. The molecule has 158 valence electrons. The normalized spacial score (nSPS) is 15.1. The van der Waals surface area contributed by atoms with Crippen LogP contribution >= 0.6 is 24.0 Å². The highest BCUT2D eigenvalue weighted by atomic mass is 127. The molecule has 0 amide bonds. The van der Waals surface area contributed by atoms with E-state index in [1.807, 2.05) is 30.6 Å². The van der Waals surface area contributed by atoms with E-state index in [4.69, 9.17) is 4.74 Å². The van der Waals surface area contributed by atoms with Gasteiger partial charge >= 0.3 is 0 Å². The Morgan fingerprint density at radius 3 is 2.73 bits per heavy atom. The van der Waals surface area contributed by atoms with Crippen LogP contribution in [0.25, 0.3) is 0 Å². The van der Waals surface area contributed by atoms with Crippen LogP contribution in [0.15, 0.2) is 72.0 Å². The van der Waals surface area contributed by atoms with Crippen LogP contribution in [0.3, 0.4) is 0 Å². The Morgan fingerprint density at radius 2 is 1.93 bits per heavy atom. The van der Waals surface area contributed by atoms with Gasteiger partial charge in [0.2, 0.25) is 0 Å². The molecule has 0 aliphatic carbocycles. The summed E-state index contributed by atoms with van der Waals surface area (Å²) in [5.74, 6) is 2.84. The lowest BCUT2D eigenvalue weighted by Crippen LogP contribution is -2.43. The van der Waals surface area contributed by atoms with Crippen molar-refractivity contribution >= 4 is 29.9 Å². The minimum absolute atomic E-state index is 0. The van der Waals surface area contributed by atoms with Crippen molar-refractivity contribution in [2.24, 2.45) is 4.99 Å². The standard InChI is InChI=1S/C23H27N5O.HI/c1-24-23(27-16-20-15-19-9-5-6-10-21(19)29-20)26-12-11-22-25-13-14-28(22)17-18-7-3-2-4-8-18;/h2-10,13-14,20H,11-12,15-17H2,1H3,(H2,24,26,27);1H. The highest BCUT2D eigenvalue weighted by Crippen LogP contribution is 2.27. The molecular weight excluding hydrogens is 489 g/mol. The molecule has 4 rings (SSSR count). The number of para-hydroxylation sites is 1.